The summed E-state index contributed by atoms with van der Waals surface area (Å²) in [6.07, 6.45) is 6.07. The molecule has 0 aromatic heterocycles. The normalized spacial score (nSPS) is 24.9. The van der Waals surface area contributed by atoms with Gasteiger partial charge >= 0.3 is 11.9 Å². The maximum atomic E-state index is 11.6. The highest BCUT2D eigenvalue weighted by Crippen LogP contribution is 2.27. The van der Waals surface area contributed by atoms with Crippen LogP contribution in [-0.4, -0.2) is 36.7 Å². The number of rotatable bonds is 5. The quantitative estimate of drug-likeness (QED) is 0.569. The topological polar surface area (TPSA) is 78.9 Å². The van der Waals surface area contributed by atoms with Crippen molar-refractivity contribution in [1.29, 1.82) is 0 Å². The van der Waals surface area contributed by atoms with Crippen molar-refractivity contribution >= 4 is 17.7 Å². The Balaban J connectivity index is 2.14. The minimum Gasteiger partial charge on any atom is -0.458 e. The molecule has 0 aromatic carbocycles. The minimum atomic E-state index is -1.36. The van der Waals surface area contributed by atoms with Gasteiger partial charge in [0, 0.05) is 12.5 Å². The van der Waals surface area contributed by atoms with E-state index in [4.69, 9.17) is 14.2 Å². The molecule has 2 aliphatic rings. The van der Waals surface area contributed by atoms with Gasteiger partial charge < -0.3 is 14.2 Å². The van der Waals surface area contributed by atoms with Crippen LogP contribution >= 0.6 is 0 Å². The molecule has 23 heavy (non-hydrogen) atoms. The Morgan fingerprint density at radius 3 is 2.70 bits per heavy atom. The van der Waals surface area contributed by atoms with Crippen LogP contribution in [0.1, 0.15) is 33.6 Å². The molecule has 124 valence electrons. The van der Waals surface area contributed by atoms with Crippen molar-refractivity contribution in [3.05, 3.63) is 34.9 Å². The van der Waals surface area contributed by atoms with E-state index in [1.54, 1.807) is 19.1 Å². The van der Waals surface area contributed by atoms with Crippen LogP contribution in [0.25, 0.3) is 0 Å². The van der Waals surface area contributed by atoms with Crippen LogP contribution in [-0.2, 0) is 28.6 Å². The lowest BCUT2D eigenvalue weighted by molar-refractivity contribution is -0.193. The predicted octanol–water partition coefficient (Wildman–Crippen LogP) is 2.00. The van der Waals surface area contributed by atoms with Gasteiger partial charge in [-0.15, -0.1) is 0 Å². The lowest BCUT2D eigenvalue weighted by Gasteiger charge is -2.31. The van der Waals surface area contributed by atoms with E-state index in [1.807, 2.05) is 6.92 Å². The number of hydrogen-bond acceptors (Lipinski definition) is 6. The van der Waals surface area contributed by atoms with Crippen LogP contribution in [0.2, 0.25) is 0 Å². The van der Waals surface area contributed by atoms with Crippen LogP contribution in [0.15, 0.2) is 34.9 Å². The number of Topliss-reactive ketones (excluding diaryl/α,β-unsaturated/α-hetero) is 1. The molecule has 0 amide bonds. The lowest BCUT2D eigenvalue weighted by atomic mass is 10.0. The Morgan fingerprint density at radius 2 is 2.13 bits per heavy atom. The van der Waals surface area contributed by atoms with Gasteiger partial charge in [0.25, 0.3) is 5.79 Å². The molecule has 0 saturated heterocycles. The smallest absolute Gasteiger partial charge is 0.334 e. The third-order valence-corrected chi connectivity index (χ3v) is 3.63. The summed E-state index contributed by atoms with van der Waals surface area (Å²) < 4.78 is 15.6. The summed E-state index contributed by atoms with van der Waals surface area (Å²) in [5, 5.41) is 0. The molecule has 0 spiro atoms. The van der Waals surface area contributed by atoms with Crippen LogP contribution < -0.4 is 0 Å². The summed E-state index contributed by atoms with van der Waals surface area (Å²) in [4.78, 5) is 34.4. The third kappa shape index (κ3) is 4.39. The average Bonchev–Trinajstić information content (AvgIpc) is 2.86. The van der Waals surface area contributed by atoms with Gasteiger partial charge in [-0.25, -0.2) is 4.79 Å². The van der Waals surface area contributed by atoms with Crippen molar-refractivity contribution in [2.24, 2.45) is 0 Å². The molecule has 0 aliphatic carbocycles. The number of hydrogen-bond donors (Lipinski definition) is 0. The molecule has 0 N–H and O–H groups in total. The number of cyclic esters (lactones) is 1. The van der Waals surface area contributed by atoms with Crippen molar-refractivity contribution in [2.75, 3.05) is 13.2 Å². The first kappa shape index (κ1) is 17.1. The number of esters is 2. The number of ether oxygens (including phenoxy) is 3. The zero-order valence-electron chi connectivity index (χ0n) is 13.5. The SMILES string of the molecule is CC(=O)OC1(/C=C(/C)CCC2=CCOC2=O)C=C(C)C(=O)CO1. The summed E-state index contributed by atoms with van der Waals surface area (Å²) in [6.45, 7) is 4.98. The lowest BCUT2D eigenvalue weighted by Crippen LogP contribution is -2.40. The van der Waals surface area contributed by atoms with Gasteiger partial charge in [-0.2, -0.15) is 0 Å². The summed E-state index contributed by atoms with van der Waals surface area (Å²) >= 11 is 0. The zero-order chi connectivity index (χ0) is 17.0. The van der Waals surface area contributed by atoms with E-state index < -0.39 is 11.8 Å². The zero-order valence-corrected chi connectivity index (χ0v) is 13.5. The van der Waals surface area contributed by atoms with E-state index in [-0.39, 0.29) is 18.4 Å². The molecule has 6 heteroatoms. The van der Waals surface area contributed by atoms with Crippen molar-refractivity contribution < 1.29 is 28.6 Å². The summed E-state index contributed by atoms with van der Waals surface area (Å²) in [5.41, 5.74) is 2.01. The number of ketones is 1. The van der Waals surface area contributed by atoms with E-state index in [1.165, 1.54) is 13.0 Å². The van der Waals surface area contributed by atoms with Gasteiger partial charge in [0.2, 0.25) is 0 Å². The molecule has 0 aromatic rings. The third-order valence-electron chi connectivity index (χ3n) is 3.63. The van der Waals surface area contributed by atoms with Gasteiger partial charge in [-0.1, -0.05) is 5.57 Å². The highest BCUT2D eigenvalue weighted by Gasteiger charge is 2.35. The van der Waals surface area contributed by atoms with E-state index in [0.717, 1.165) is 5.57 Å². The number of allylic oxidation sites excluding steroid dienone is 1. The van der Waals surface area contributed by atoms with Crippen LogP contribution in [0.5, 0.6) is 0 Å². The molecular formula is C17H20O6. The Hall–Kier alpha value is -2.21. The van der Waals surface area contributed by atoms with Crippen LogP contribution in [0.3, 0.4) is 0 Å². The summed E-state index contributed by atoms with van der Waals surface area (Å²) in [7, 11) is 0. The monoisotopic (exact) mass is 320 g/mol. The highest BCUT2D eigenvalue weighted by molar-refractivity contribution is 5.96. The Kier molecular flexibility index (Phi) is 5.15. The molecule has 0 fully saturated rings. The molecule has 0 radical (unpaired) electrons. The van der Waals surface area contributed by atoms with Gasteiger partial charge in [-0.05, 0) is 50.5 Å². The maximum absolute atomic E-state index is 11.6. The van der Waals surface area contributed by atoms with Crippen LogP contribution in [0, 0.1) is 0 Å². The number of carbonyl (C=O) groups excluding carboxylic acids is 3. The standard InChI is InChI=1S/C17H20O6/c1-11(4-5-14-6-7-21-16(14)20)8-17(23-13(3)18)9-12(2)15(19)10-22-17/h6,8-9H,4-5,7,10H2,1-3H3/b11-8-. The fraction of sp³-hybridized carbons (Fsp3) is 0.471. The first-order valence-corrected chi connectivity index (χ1v) is 7.42. The first-order chi connectivity index (χ1) is 10.8. The molecule has 1 unspecified atom stereocenters. The van der Waals surface area contributed by atoms with Gasteiger partial charge in [0.05, 0.1) is 0 Å². The van der Waals surface area contributed by atoms with E-state index in [2.05, 4.69) is 0 Å². The minimum absolute atomic E-state index is 0.141. The van der Waals surface area contributed by atoms with Gasteiger partial charge in [0.15, 0.2) is 5.78 Å². The first-order valence-electron chi connectivity index (χ1n) is 7.42. The van der Waals surface area contributed by atoms with E-state index >= 15 is 0 Å². The molecule has 2 rings (SSSR count). The molecule has 1 atom stereocenters. The van der Waals surface area contributed by atoms with Crippen molar-refractivity contribution in [2.45, 2.75) is 39.4 Å². The second-order valence-corrected chi connectivity index (χ2v) is 5.67. The van der Waals surface area contributed by atoms with Crippen molar-refractivity contribution in [3.63, 3.8) is 0 Å². The molecule has 0 saturated carbocycles. The van der Waals surface area contributed by atoms with E-state index in [9.17, 15) is 14.4 Å². The Labute approximate surface area is 134 Å². The highest BCUT2D eigenvalue weighted by atomic mass is 16.7. The van der Waals surface area contributed by atoms with Crippen LogP contribution in [0.4, 0.5) is 0 Å². The van der Waals surface area contributed by atoms with Crippen molar-refractivity contribution in [1.82, 2.24) is 0 Å². The summed E-state index contributed by atoms with van der Waals surface area (Å²) in [5.74, 6) is -2.30. The largest absolute Gasteiger partial charge is 0.458 e. The fourth-order valence-corrected chi connectivity index (χ4v) is 2.46. The Morgan fingerprint density at radius 1 is 1.39 bits per heavy atom. The van der Waals surface area contributed by atoms with Gasteiger partial charge in [0.1, 0.15) is 13.2 Å². The second-order valence-electron chi connectivity index (χ2n) is 5.67. The second kappa shape index (κ2) is 6.91. The molecule has 0 bridgehead atoms. The maximum Gasteiger partial charge on any atom is 0.334 e. The van der Waals surface area contributed by atoms with Gasteiger partial charge in [-0.3, -0.25) is 9.59 Å². The average molecular weight is 320 g/mol. The van der Waals surface area contributed by atoms with Crippen molar-refractivity contribution in [3.8, 4) is 0 Å². The number of carbonyl (C=O) groups is 3. The Bertz CT molecular complexity index is 625. The fourth-order valence-electron chi connectivity index (χ4n) is 2.46. The van der Waals surface area contributed by atoms with E-state index in [0.29, 0.717) is 30.6 Å². The summed E-state index contributed by atoms with van der Waals surface area (Å²) in [6, 6.07) is 0. The molecule has 6 nitrogen and oxygen atoms in total. The predicted molar refractivity (Wildman–Crippen MR) is 81.2 cm³/mol. The molecular weight excluding hydrogens is 300 g/mol. The molecule has 2 aliphatic heterocycles. The molecule has 2 heterocycles.